The van der Waals surface area contributed by atoms with Crippen LogP contribution in [0.1, 0.15) is 34.6 Å². The Hall–Kier alpha value is -0.170. The van der Waals surface area contributed by atoms with Gasteiger partial charge in [-0.2, -0.15) is 0 Å². The minimum Gasteiger partial charge on any atom is -0.0849 e. The minimum atomic E-state index is 0.565. The molecule has 11 heavy (non-hydrogen) atoms. The van der Waals surface area contributed by atoms with Gasteiger partial charge in [-0.25, -0.2) is 0 Å². The SMILES string of the molecule is CC(=S)/C(=C\C(C)C)C(C)C. The second-order valence-corrected chi connectivity index (χ2v) is 4.19. The van der Waals surface area contributed by atoms with E-state index in [1.54, 1.807) is 0 Å². The highest BCUT2D eigenvalue weighted by molar-refractivity contribution is 7.80. The highest BCUT2D eigenvalue weighted by atomic mass is 32.1. The summed E-state index contributed by atoms with van der Waals surface area (Å²) in [4.78, 5) is 1.04. The van der Waals surface area contributed by atoms with Crippen LogP contribution in [0.2, 0.25) is 0 Å². The molecule has 0 atom stereocenters. The van der Waals surface area contributed by atoms with Crippen molar-refractivity contribution in [2.75, 3.05) is 0 Å². The molecule has 0 saturated heterocycles. The highest BCUT2D eigenvalue weighted by Gasteiger charge is 2.05. The summed E-state index contributed by atoms with van der Waals surface area (Å²) in [6, 6.07) is 0. The van der Waals surface area contributed by atoms with Crippen LogP contribution >= 0.6 is 12.2 Å². The van der Waals surface area contributed by atoms with Crippen molar-refractivity contribution in [3.8, 4) is 0 Å². The van der Waals surface area contributed by atoms with Gasteiger partial charge >= 0.3 is 0 Å². The first-order valence-corrected chi connectivity index (χ1v) is 4.58. The van der Waals surface area contributed by atoms with Gasteiger partial charge in [-0.15, -0.1) is 0 Å². The maximum absolute atomic E-state index is 5.14. The first-order chi connectivity index (χ1) is 4.95. The lowest BCUT2D eigenvalue weighted by Gasteiger charge is -2.10. The van der Waals surface area contributed by atoms with Gasteiger partial charge < -0.3 is 0 Å². The predicted molar refractivity (Wildman–Crippen MR) is 56.0 cm³/mol. The Morgan fingerprint density at radius 1 is 1.18 bits per heavy atom. The van der Waals surface area contributed by atoms with Gasteiger partial charge in [0.25, 0.3) is 0 Å². The lowest BCUT2D eigenvalue weighted by Crippen LogP contribution is -2.03. The molecule has 1 heteroatoms. The molecule has 0 saturated carbocycles. The van der Waals surface area contributed by atoms with Crippen molar-refractivity contribution in [1.82, 2.24) is 0 Å². The topological polar surface area (TPSA) is 0 Å². The van der Waals surface area contributed by atoms with Crippen LogP contribution in [0.3, 0.4) is 0 Å². The minimum absolute atomic E-state index is 0.565. The Morgan fingerprint density at radius 3 is 1.73 bits per heavy atom. The summed E-state index contributed by atoms with van der Waals surface area (Å²) in [6.45, 7) is 10.7. The van der Waals surface area contributed by atoms with Gasteiger partial charge in [0, 0.05) is 4.86 Å². The Labute approximate surface area is 75.7 Å². The van der Waals surface area contributed by atoms with E-state index in [1.807, 2.05) is 6.92 Å². The molecule has 0 bridgehead atoms. The van der Waals surface area contributed by atoms with E-state index in [2.05, 4.69) is 33.8 Å². The lowest BCUT2D eigenvalue weighted by atomic mass is 9.97. The fourth-order valence-electron chi connectivity index (χ4n) is 1.08. The van der Waals surface area contributed by atoms with Gasteiger partial charge in [0.2, 0.25) is 0 Å². The predicted octanol–water partition coefficient (Wildman–Crippen LogP) is 3.61. The number of hydrogen-bond acceptors (Lipinski definition) is 1. The van der Waals surface area contributed by atoms with Crippen molar-refractivity contribution in [3.05, 3.63) is 11.6 Å². The quantitative estimate of drug-likeness (QED) is 0.460. The van der Waals surface area contributed by atoms with Crippen LogP contribution in [0.5, 0.6) is 0 Å². The fraction of sp³-hybridized carbons (Fsp3) is 0.700. The third-order valence-corrected chi connectivity index (χ3v) is 1.78. The molecule has 0 aromatic rings. The summed E-state index contributed by atoms with van der Waals surface area (Å²) in [7, 11) is 0. The van der Waals surface area contributed by atoms with Crippen molar-refractivity contribution >= 4 is 17.1 Å². The van der Waals surface area contributed by atoms with E-state index in [4.69, 9.17) is 12.2 Å². The molecular weight excluding hydrogens is 152 g/mol. The maximum atomic E-state index is 5.14. The van der Waals surface area contributed by atoms with Crippen molar-refractivity contribution in [3.63, 3.8) is 0 Å². The molecule has 0 aromatic carbocycles. The van der Waals surface area contributed by atoms with Crippen LogP contribution in [0.25, 0.3) is 0 Å². The number of hydrogen-bond donors (Lipinski definition) is 0. The lowest BCUT2D eigenvalue weighted by molar-refractivity contribution is 0.760. The first-order valence-electron chi connectivity index (χ1n) is 4.17. The molecule has 0 N–H and O–H groups in total. The summed E-state index contributed by atoms with van der Waals surface area (Å²) < 4.78 is 0. The van der Waals surface area contributed by atoms with Crippen molar-refractivity contribution in [1.29, 1.82) is 0 Å². The first kappa shape index (κ1) is 10.8. The van der Waals surface area contributed by atoms with E-state index in [0.29, 0.717) is 11.8 Å². The van der Waals surface area contributed by atoms with Crippen LogP contribution in [0.4, 0.5) is 0 Å². The second kappa shape index (κ2) is 4.66. The summed E-state index contributed by atoms with van der Waals surface area (Å²) in [5.41, 5.74) is 1.33. The summed E-state index contributed by atoms with van der Waals surface area (Å²) >= 11 is 5.14. The van der Waals surface area contributed by atoms with Gasteiger partial charge in [0.05, 0.1) is 0 Å². The van der Waals surface area contributed by atoms with Crippen molar-refractivity contribution < 1.29 is 0 Å². The summed E-state index contributed by atoms with van der Waals surface area (Å²) in [5, 5.41) is 0. The van der Waals surface area contributed by atoms with Crippen LogP contribution < -0.4 is 0 Å². The number of rotatable bonds is 3. The third-order valence-electron chi connectivity index (χ3n) is 1.54. The Morgan fingerprint density at radius 2 is 1.64 bits per heavy atom. The number of thiocarbonyl (C=S) groups is 1. The molecule has 0 heterocycles. The van der Waals surface area contributed by atoms with Crippen LogP contribution in [0, 0.1) is 11.8 Å². The van der Waals surface area contributed by atoms with Crippen LogP contribution in [0.15, 0.2) is 11.6 Å². The maximum Gasteiger partial charge on any atom is 0.0152 e. The zero-order valence-electron chi connectivity index (χ0n) is 8.14. The smallest absolute Gasteiger partial charge is 0.0152 e. The Bertz CT molecular complexity index is 164. The van der Waals surface area contributed by atoms with Crippen molar-refractivity contribution in [2.24, 2.45) is 11.8 Å². The average Bonchev–Trinajstić information content (AvgIpc) is 1.81. The molecule has 0 unspecified atom stereocenters. The largest absolute Gasteiger partial charge is 0.0849 e. The molecule has 0 aliphatic rings. The van der Waals surface area contributed by atoms with E-state index < -0.39 is 0 Å². The number of allylic oxidation sites excluding steroid dienone is 2. The van der Waals surface area contributed by atoms with Crippen molar-refractivity contribution in [2.45, 2.75) is 34.6 Å². The molecule has 0 aliphatic heterocycles. The standard InChI is InChI=1S/C10H18S/c1-7(2)6-10(8(3)4)9(5)11/h6-8H,1-5H3/b10-6-. The normalized spacial score (nSPS) is 12.8. The second-order valence-electron chi connectivity index (χ2n) is 3.58. The average molecular weight is 170 g/mol. The molecule has 64 valence electrons. The van der Waals surface area contributed by atoms with E-state index in [-0.39, 0.29) is 0 Å². The Balaban J connectivity index is 4.47. The van der Waals surface area contributed by atoms with Crippen LogP contribution in [-0.4, -0.2) is 4.86 Å². The van der Waals surface area contributed by atoms with Crippen LogP contribution in [-0.2, 0) is 0 Å². The van der Waals surface area contributed by atoms with Gasteiger partial charge in [-0.05, 0) is 24.3 Å². The zero-order chi connectivity index (χ0) is 9.02. The molecule has 0 fully saturated rings. The zero-order valence-corrected chi connectivity index (χ0v) is 8.96. The van der Waals surface area contributed by atoms with Gasteiger partial charge in [-0.1, -0.05) is 46.0 Å². The van der Waals surface area contributed by atoms with Gasteiger partial charge in [0.15, 0.2) is 0 Å². The fourth-order valence-corrected chi connectivity index (χ4v) is 1.38. The highest BCUT2D eigenvalue weighted by Crippen LogP contribution is 2.14. The van der Waals surface area contributed by atoms with E-state index >= 15 is 0 Å². The molecular formula is C10H18S. The van der Waals surface area contributed by atoms with E-state index in [9.17, 15) is 0 Å². The van der Waals surface area contributed by atoms with Gasteiger partial charge in [0.1, 0.15) is 0 Å². The Kier molecular flexibility index (Phi) is 4.58. The summed E-state index contributed by atoms with van der Waals surface area (Å²) in [5.74, 6) is 1.17. The monoisotopic (exact) mass is 170 g/mol. The molecule has 0 rings (SSSR count). The van der Waals surface area contributed by atoms with E-state index in [1.165, 1.54) is 5.57 Å². The summed E-state index contributed by atoms with van der Waals surface area (Å²) in [6.07, 6.45) is 2.26. The molecule has 0 nitrogen and oxygen atoms in total. The molecule has 0 amide bonds. The molecule has 0 aromatic heterocycles. The molecule has 0 spiro atoms. The molecule has 0 radical (unpaired) electrons. The van der Waals surface area contributed by atoms with Gasteiger partial charge in [-0.3, -0.25) is 0 Å². The van der Waals surface area contributed by atoms with E-state index in [0.717, 1.165) is 4.86 Å². The molecule has 0 aliphatic carbocycles. The third kappa shape index (κ3) is 4.31.